The summed E-state index contributed by atoms with van der Waals surface area (Å²) < 4.78 is 39.0. The number of hydrogen-bond donors (Lipinski definition) is 1. The first-order valence-corrected chi connectivity index (χ1v) is 9.65. The molecule has 8 heteroatoms. The molecular formula is C20H20F3N3OS. The van der Waals surface area contributed by atoms with Crippen LogP contribution in [0.1, 0.15) is 47.5 Å². The average molecular weight is 407 g/mol. The van der Waals surface area contributed by atoms with Gasteiger partial charge in [0.05, 0.1) is 6.04 Å². The van der Waals surface area contributed by atoms with Crippen LogP contribution in [0.2, 0.25) is 0 Å². The molecule has 0 spiro atoms. The number of nitrogens with one attached hydrogen (secondary N) is 1. The lowest BCUT2D eigenvalue weighted by Crippen LogP contribution is -2.32. The Labute approximate surface area is 165 Å². The van der Waals surface area contributed by atoms with Crippen LogP contribution in [0.25, 0.3) is 0 Å². The van der Waals surface area contributed by atoms with E-state index in [1.807, 2.05) is 41.8 Å². The normalized spacial score (nSPS) is 12.9. The van der Waals surface area contributed by atoms with E-state index in [4.69, 9.17) is 0 Å². The van der Waals surface area contributed by atoms with Gasteiger partial charge in [0, 0.05) is 11.1 Å². The van der Waals surface area contributed by atoms with Crippen LogP contribution in [0.15, 0.2) is 54.0 Å². The minimum absolute atomic E-state index is 0.290. The van der Waals surface area contributed by atoms with Crippen LogP contribution in [0, 0.1) is 0 Å². The summed E-state index contributed by atoms with van der Waals surface area (Å²) >= 11 is 1.51. The first-order valence-electron chi connectivity index (χ1n) is 8.77. The van der Waals surface area contributed by atoms with Crippen LogP contribution < -0.4 is 5.32 Å². The van der Waals surface area contributed by atoms with E-state index in [9.17, 15) is 18.0 Å². The number of carbonyl (C=O) groups excluding carboxylic acids is 1. The molecule has 4 nitrogen and oxygen atoms in total. The van der Waals surface area contributed by atoms with E-state index in [2.05, 4.69) is 24.3 Å². The van der Waals surface area contributed by atoms with Crippen molar-refractivity contribution in [3.63, 3.8) is 0 Å². The van der Waals surface area contributed by atoms with Gasteiger partial charge < -0.3 is 5.32 Å². The molecule has 2 heterocycles. The maximum atomic E-state index is 12.7. The molecule has 0 aliphatic heterocycles. The number of aromatic nitrogens is 2. The van der Waals surface area contributed by atoms with Crippen LogP contribution >= 0.6 is 11.3 Å². The Morgan fingerprint density at radius 3 is 2.36 bits per heavy atom. The van der Waals surface area contributed by atoms with Gasteiger partial charge in [0.1, 0.15) is 6.54 Å². The zero-order valence-electron chi connectivity index (χ0n) is 15.4. The second kappa shape index (κ2) is 8.18. The Morgan fingerprint density at radius 2 is 1.82 bits per heavy atom. The van der Waals surface area contributed by atoms with Crippen LogP contribution in [-0.4, -0.2) is 15.7 Å². The molecule has 148 valence electrons. The SMILES string of the molecule is CC(C)c1ccc(C(NC(=O)Cn2ccc(C(F)(F)F)n2)c2cccs2)cc1. The molecule has 1 unspecified atom stereocenters. The third-order valence-corrected chi connectivity index (χ3v) is 5.24. The highest BCUT2D eigenvalue weighted by atomic mass is 32.1. The molecule has 3 rings (SSSR count). The summed E-state index contributed by atoms with van der Waals surface area (Å²) in [5.41, 5.74) is 1.09. The van der Waals surface area contributed by atoms with Crippen LogP contribution in [0.3, 0.4) is 0 Å². The molecule has 1 N–H and O–H groups in total. The van der Waals surface area contributed by atoms with Gasteiger partial charge in [-0.15, -0.1) is 11.3 Å². The maximum Gasteiger partial charge on any atom is 0.435 e. The quantitative estimate of drug-likeness (QED) is 0.626. The van der Waals surface area contributed by atoms with Gasteiger partial charge in [-0.1, -0.05) is 44.2 Å². The maximum absolute atomic E-state index is 12.7. The highest BCUT2D eigenvalue weighted by molar-refractivity contribution is 7.10. The van der Waals surface area contributed by atoms with E-state index in [-0.39, 0.29) is 12.6 Å². The van der Waals surface area contributed by atoms with Crippen molar-refractivity contribution < 1.29 is 18.0 Å². The minimum Gasteiger partial charge on any atom is -0.343 e. The molecule has 1 aromatic carbocycles. The first-order chi connectivity index (χ1) is 13.2. The van der Waals surface area contributed by atoms with Crippen molar-refractivity contribution >= 4 is 17.2 Å². The number of alkyl halides is 3. The fraction of sp³-hybridized carbons (Fsp3) is 0.300. The summed E-state index contributed by atoms with van der Waals surface area (Å²) in [5.74, 6) is -0.0189. The molecule has 0 saturated heterocycles. The summed E-state index contributed by atoms with van der Waals surface area (Å²) in [6.45, 7) is 3.92. The summed E-state index contributed by atoms with van der Waals surface area (Å²) in [6.07, 6.45) is -3.38. The fourth-order valence-corrected chi connectivity index (χ4v) is 3.60. The topological polar surface area (TPSA) is 46.9 Å². The van der Waals surface area contributed by atoms with E-state index < -0.39 is 17.8 Å². The molecule has 0 aliphatic carbocycles. The van der Waals surface area contributed by atoms with Gasteiger partial charge in [-0.2, -0.15) is 18.3 Å². The Morgan fingerprint density at radius 1 is 1.14 bits per heavy atom. The van der Waals surface area contributed by atoms with Gasteiger partial charge in [0.25, 0.3) is 0 Å². The molecular weight excluding hydrogens is 387 g/mol. The molecule has 0 bridgehead atoms. The van der Waals surface area contributed by atoms with E-state index in [0.717, 1.165) is 27.4 Å². The number of carbonyl (C=O) groups is 1. The number of amides is 1. The van der Waals surface area contributed by atoms with Gasteiger partial charge in [0.15, 0.2) is 5.69 Å². The zero-order valence-corrected chi connectivity index (χ0v) is 16.2. The molecule has 0 saturated carbocycles. The van der Waals surface area contributed by atoms with Crippen molar-refractivity contribution in [3.05, 3.63) is 75.7 Å². The highest BCUT2D eigenvalue weighted by Crippen LogP contribution is 2.28. The van der Waals surface area contributed by atoms with Crippen molar-refractivity contribution in [2.24, 2.45) is 0 Å². The Bertz CT molecular complexity index is 915. The number of hydrogen-bond acceptors (Lipinski definition) is 3. The molecule has 0 aliphatic rings. The summed E-state index contributed by atoms with van der Waals surface area (Å²) in [4.78, 5) is 13.4. The Hall–Kier alpha value is -2.61. The highest BCUT2D eigenvalue weighted by Gasteiger charge is 2.33. The number of thiophene rings is 1. The van der Waals surface area contributed by atoms with Gasteiger partial charge in [-0.25, -0.2) is 0 Å². The lowest BCUT2D eigenvalue weighted by atomic mass is 9.98. The molecule has 1 amide bonds. The van der Waals surface area contributed by atoms with Crippen LogP contribution in [0.4, 0.5) is 13.2 Å². The zero-order chi connectivity index (χ0) is 20.3. The second-order valence-electron chi connectivity index (χ2n) is 6.73. The lowest BCUT2D eigenvalue weighted by molar-refractivity contribution is -0.141. The summed E-state index contributed by atoms with van der Waals surface area (Å²) in [7, 11) is 0. The molecule has 0 fully saturated rings. The van der Waals surface area contributed by atoms with Crippen molar-refractivity contribution in [1.82, 2.24) is 15.1 Å². The largest absolute Gasteiger partial charge is 0.435 e. The first kappa shape index (κ1) is 20.1. The standard InChI is InChI=1S/C20H20F3N3OS/c1-13(2)14-5-7-15(8-6-14)19(16-4-3-11-28-16)24-18(27)12-26-10-9-17(25-26)20(21,22)23/h3-11,13,19H,12H2,1-2H3,(H,24,27). The molecule has 0 radical (unpaired) electrons. The monoisotopic (exact) mass is 407 g/mol. The molecule has 3 aromatic rings. The number of benzene rings is 1. The van der Waals surface area contributed by atoms with E-state index in [0.29, 0.717) is 5.92 Å². The van der Waals surface area contributed by atoms with E-state index in [1.165, 1.54) is 16.9 Å². The molecule has 2 aromatic heterocycles. The van der Waals surface area contributed by atoms with Crippen LogP contribution in [0.5, 0.6) is 0 Å². The smallest absolute Gasteiger partial charge is 0.343 e. The second-order valence-corrected chi connectivity index (χ2v) is 7.71. The summed E-state index contributed by atoms with van der Waals surface area (Å²) in [5, 5.41) is 8.26. The van der Waals surface area contributed by atoms with Gasteiger partial charge in [0.2, 0.25) is 5.91 Å². The third-order valence-electron chi connectivity index (χ3n) is 4.31. The van der Waals surface area contributed by atoms with Crippen molar-refractivity contribution in [2.45, 2.75) is 38.5 Å². The number of rotatable bonds is 6. The predicted octanol–water partition coefficient (Wildman–Crippen LogP) is 4.99. The molecule has 1 atom stereocenters. The third kappa shape index (κ3) is 4.81. The summed E-state index contributed by atoms with van der Waals surface area (Å²) in [6, 6.07) is 12.3. The fourth-order valence-electron chi connectivity index (χ4n) is 2.80. The number of nitrogens with zero attached hydrogens (tertiary/aromatic N) is 2. The minimum atomic E-state index is -4.53. The van der Waals surface area contributed by atoms with Gasteiger partial charge in [-0.3, -0.25) is 9.48 Å². The van der Waals surface area contributed by atoms with E-state index >= 15 is 0 Å². The predicted molar refractivity (Wildman–Crippen MR) is 102 cm³/mol. The Balaban J connectivity index is 1.76. The van der Waals surface area contributed by atoms with Crippen molar-refractivity contribution in [3.8, 4) is 0 Å². The lowest BCUT2D eigenvalue weighted by Gasteiger charge is -2.19. The van der Waals surface area contributed by atoms with E-state index in [1.54, 1.807) is 0 Å². The van der Waals surface area contributed by atoms with Gasteiger partial charge >= 0.3 is 6.18 Å². The number of halogens is 3. The van der Waals surface area contributed by atoms with Crippen molar-refractivity contribution in [1.29, 1.82) is 0 Å². The van der Waals surface area contributed by atoms with Crippen molar-refractivity contribution in [2.75, 3.05) is 0 Å². The average Bonchev–Trinajstić information content (AvgIpc) is 3.31. The van der Waals surface area contributed by atoms with Gasteiger partial charge in [-0.05, 0) is 34.6 Å². The van der Waals surface area contributed by atoms with Crippen LogP contribution in [-0.2, 0) is 17.5 Å². The molecule has 28 heavy (non-hydrogen) atoms. The Kier molecular flexibility index (Phi) is 5.88.